The standard InChI is InChI=1S/C3HClN3.Al/c4-3-6-1-5-2-7-3;/h1H;. The Morgan fingerprint density at radius 2 is 2.25 bits per heavy atom. The predicted molar refractivity (Wildman–Crippen MR) is 30.2 cm³/mol. The third-order valence-electron chi connectivity index (χ3n) is 0.561. The molecule has 1 aromatic rings. The molecule has 0 fully saturated rings. The van der Waals surface area contributed by atoms with Crippen LogP contribution in [0.5, 0.6) is 0 Å². The molecule has 0 spiro atoms. The predicted octanol–water partition coefficient (Wildman–Crippen LogP) is -0.681. The van der Waals surface area contributed by atoms with Crippen LogP contribution in [0.2, 0.25) is 5.28 Å². The molecule has 1 aromatic heterocycles. The second-order valence-corrected chi connectivity index (χ2v) is 1.97. The van der Waals surface area contributed by atoms with E-state index < -0.39 is 0 Å². The molecule has 0 saturated heterocycles. The van der Waals surface area contributed by atoms with Gasteiger partial charge in [-0.05, 0) is 11.6 Å². The maximum absolute atomic E-state index is 5.37. The van der Waals surface area contributed by atoms with E-state index in [0.29, 0.717) is 4.69 Å². The van der Waals surface area contributed by atoms with E-state index in [9.17, 15) is 0 Å². The van der Waals surface area contributed by atoms with Gasteiger partial charge in [-0.1, -0.05) is 0 Å². The molecule has 1 heterocycles. The second kappa shape index (κ2) is 2.40. The second-order valence-electron chi connectivity index (χ2n) is 1.11. The van der Waals surface area contributed by atoms with E-state index in [1.54, 1.807) is 0 Å². The summed E-state index contributed by atoms with van der Waals surface area (Å²) in [5, 5.41) is 0.227. The van der Waals surface area contributed by atoms with Crippen molar-refractivity contribution in [3.05, 3.63) is 11.6 Å². The Morgan fingerprint density at radius 1 is 1.50 bits per heavy atom. The number of hydrogen-bond acceptors (Lipinski definition) is 3. The summed E-state index contributed by atoms with van der Waals surface area (Å²) in [5.74, 6) is 0. The molecule has 1 rings (SSSR count). The molecule has 8 heavy (non-hydrogen) atoms. The minimum absolute atomic E-state index is 0.227. The quantitative estimate of drug-likeness (QED) is 0.450. The van der Waals surface area contributed by atoms with Gasteiger partial charge >= 0.3 is 0 Å². The van der Waals surface area contributed by atoms with Crippen molar-refractivity contribution in [1.82, 2.24) is 15.0 Å². The molecule has 0 aliphatic heterocycles. The van der Waals surface area contributed by atoms with E-state index in [1.807, 2.05) is 0 Å². The van der Waals surface area contributed by atoms with Crippen molar-refractivity contribution in [3.63, 3.8) is 0 Å². The largest absolute Gasteiger partial charge is 0.244 e. The van der Waals surface area contributed by atoms with Crippen molar-refractivity contribution in [2.45, 2.75) is 0 Å². The zero-order chi connectivity index (χ0) is 5.98. The Kier molecular flexibility index (Phi) is 1.79. The summed E-state index contributed by atoms with van der Waals surface area (Å²) >= 11 is 7.69. The summed E-state index contributed by atoms with van der Waals surface area (Å²) in [6.45, 7) is 0. The Balaban J connectivity index is 3.08. The van der Waals surface area contributed by atoms with Gasteiger partial charge in [0.15, 0.2) is 0 Å². The first-order valence-corrected chi connectivity index (χ1v) is 2.84. The Bertz CT molecular complexity index is 174. The van der Waals surface area contributed by atoms with Gasteiger partial charge in [0, 0.05) is 4.69 Å². The van der Waals surface area contributed by atoms with E-state index in [1.165, 1.54) is 6.33 Å². The highest BCUT2D eigenvalue weighted by atomic mass is 35.5. The lowest BCUT2D eigenvalue weighted by Gasteiger charge is -1.87. The van der Waals surface area contributed by atoms with Crippen molar-refractivity contribution >= 4 is 32.6 Å². The lowest BCUT2D eigenvalue weighted by molar-refractivity contribution is 1.09. The zero-order valence-electron chi connectivity index (χ0n) is 3.87. The lowest BCUT2D eigenvalue weighted by atomic mass is 11.1. The number of hydrogen-bond donors (Lipinski definition) is 0. The monoisotopic (exact) mass is 141 g/mol. The summed E-state index contributed by atoms with van der Waals surface area (Å²) < 4.78 is 0.560. The Labute approximate surface area is 59.6 Å². The van der Waals surface area contributed by atoms with Gasteiger partial charge in [0.2, 0.25) is 21.6 Å². The van der Waals surface area contributed by atoms with Gasteiger partial charge in [-0.3, -0.25) is 0 Å². The average molecular weight is 141 g/mol. The van der Waals surface area contributed by atoms with Crippen LogP contribution in [0.15, 0.2) is 6.33 Å². The van der Waals surface area contributed by atoms with Crippen molar-refractivity contribution in [3.8, 4) is 0 Å². The normalized spacial score (nSPS) is 9.12. The molecule has 5 heteroatoms. The third-order valence-corrected chi connectivity index (χ3v) is 1.02. The fourth-order valence-corrected chi connectivity index (χ4v) is 0.689. The number of aromatic nitrogens is 3. The van der Waals surface area contributed by atoms with Gasteiger partial charge in [-0.2, -0.15) is 0 Å². The zero-order valence-corrected chi connectivity index (χ0v) is 5.78. The SMILES string of the molecule is [Al][c]1ncnc(Cl)n1. The van der Waals surface area contributed by atoms with Crippen LogP contribution in [0.1, 0.15) is 0 Å². The summed E-state index contributed by atoms with van der Waals surface area (Å²) in [7, 11) is 0. The summed E-state index contributed by atoms with van der Waals surface area (Å²) in [5.41, 5.74) is 0. The van der Waals surface area contributed by atoms with E-state index >= 15 is 0 Å². The molecule has 0 bridgehead atoms. The number of halogens is 1. The first-order chi connectivity index (χ1) is 3.79. The minimum atomic E-state index is 0.227. The summed E-state index contributed by atoms with van der Waals surface area (Å²) in [6, 6.07) is 0. The van der Waals surface area contributed by atoms with Crippen LogP contribution in [0.25, 0.3) is 0 Å². The van der Waals surface area contributed by atoms with Crippen LogP contribution in [-0.2, 0) is 0 Å². The maximum Gasteiger partial charge on any atom is 0.244 e. The van der Waals surface area contributed by atoms with Crippen LogP contribution in [0.3, 0.4) is 0 Å². The maximum atomic E-state index is 5.37. The van der Waals surface area contributed by atoms with Crippen molar-refractivity contribution < 1.29 is 0 Å². The van der Waals surface area contributed by atoms with Gasteiger partial charge in [0.25, 0.3) is 0 Å². The van der Waals surface area contributed by atoms with Crippen molar-refractivity contribution in [2.24, 2.45) is 0 Å². The molecule has 0 unspecified atom stereocenters. The van der Waals surface area contributed by atoms with Crippen LogP contribution >= 0.6 is 11.6 Å². The van der Waals surface area contributed by atoms with E-state index in [4.69, 9.17) is 11.6 Å². The fourth-order valence-electron chi connectivity index (χ4n) is 0.288. The number of rotatable bonds is 0. The smallest absolute Gasteiger partial charge is 0.244 e. The molecule has 0 N–H and O–H groups in total. The topological polar surface area (TPSA) is 38.7 Å². The molecule has 0 aliphatic rings. The van der Waals surface area contributed by atoms with Gasteiger partial charge in [0.05, 0.1) is 0 Å². The van der Waals surface area contributed by atoms with Crippen molar-refractivity contribution in [1.29, 1.82) is 0 Å². The highest BCUT2D eigenvalue weighted by Crippen LogP contribution is 1.89. The molecule has 0 atom stereocenters. The van der Waals surface area contributed by atoms with Crippen LogP contribution in [0.4, 0.5) is 0 Å². The highest BCUT2D eigenvalue weighted by molar-refractivity contribution is 6.31. The molecular formula is C3HAlClN3. The van der Waals surface area contributed by atoms with Gasteiger partial charge in [-0.25, -0.2) is 15.0 Å². The first-order valence-electron chi connectivity index (χ1n) is 1.89. The van der Waals surface area contributed by atoms with E-state index in [0.717, 1.165) is 0 Å². The Hall–Kier alpha value is -0.168. The van der Waals surface area contributed by atoms with Gasteiger partial charge in [-0.15, -0.1) is 0 Å². The molecule has 0 aromatic carbocycles. The number of nitrogens with zero attached hydrogens (tertiary/aromatic N) is 3. The fraction of sp³-hybridized carbons (Fsp3) is 0. The average Bonchev–Trinajstić information content (AvgIpc) is 1.64. The first kappa shape index (κ1) is 5.96. The molecule has 2 radical (unpaired) electrons. The molecule has 0 saturated carbocycles. The van der Waals surface area contributed by atoms with Gasteiger partial charge < -0.3 is 0 Å². The van der Waals surface area contributed by atoms with E-state index in [2.05, 4.69) is 31.2 Å². The lowest BCUT2D eigenvalue weighted by Crippen LogP contribution is -2.12. The minimum Gasteiger partial charge on any atom is -0.244 e. The van der Waals surface area contributed by atoms with Crippen molar-refractivity contribution in [2.75, 3.05) is 0 Å². The third kappa shape index (κ3) is 1.41. The van der Waals surface area contributed by atoms with Crippen LogP contribution < -0.4 is 4.69 Å². The molecular weight excluding hydrogens is 140 g/mol. The summed E-state index contributed by atoms with van der Waals surface area (Å²) in [6.07, 6.45) is 1.36. The molecule has 3 nitrogen and oxygen atoms in total. The summed E-state index contributed by atoms with van der Waals surface area (Å²) in [4.78, 5) is 10.9. The highest BCUT2D eigenvalue weighted by Gasteiger charge is 1.86. The Morgan fingerprint density at radius 3 is 2.62 bits per heavy atom. The molecule has 38 valence electrons. The van der Waals surface area contributed by atoms with Gasteiger partial charge in [0.1, 0.15) is 6.33 Å². The van der Waals surface area contributed by atoms with Crippen LogP contribution in [0, 0.1) is 0 Å². The van der Waals surface area contributed by atoms with E-state index in [-0.39, 0.29) is 5.28 Å². The molecule has 0 amide bonds. The molecule has 0 aliphatic carbocycles. The van der Waals surface area contributed by atoms with Crippen LogP contribution in [-0.4, -0.2) is 31.2 Å².